The highest BCUT2D eigenvalue weighted by atomic mass is 35.5. The number of halogens is 2. The molecule has 4 nitrogen and oxygen atoms in total. The third-order valence-electron chi connectivity index (χ3n) is 3.71. The summed E-state index contributed by atoms with van der Waals surface area (Å²) in [6.07, 6.45) is 0. The Morgan fingerprint density at radius 3 is 2.64 bits per heavy atom. The van der Waals surface area contributed by atoms with Crippen LogP contribution in [0.4, 0.5) is 10.1 Å². The molecule has 2 N–H and O–H groups in total. The standard InChI is InChI=1S/C19H23FN2O2.ClH/c1-13-9-17(24-12-15-5-4-6-16(20)10-15)7-8-18(13)22-19(23)14(2)11-21-3;/h4-10,14,21H,11-12H2,1-3H3,(H,22,23);1H. The average molecular weight is 367 g/mol. The Hall–Kier alpha value is -2.11. The van der Waals surface area contributed by atoms with Crippen molar-refractivity contribution in [1.82, 2.24) is 5.32 Å². The van der Waals surface area contributed by atoms with E-state index < -0.39 is 0 Å². The number of benzene rings is 2. The molecule has 0 spiro atoms. The zero-order chi connectivity index (χ0) is 17.5. The zero-order valence-electron chi connectivity index (χ0n) is 14.6. The maximum absolute atomic E-state index is 13.2. The van der Waals surface area contributed by atoms with Gasteiger partial charge in [0.2, 0.25) is 5.91 Å². The molecular formula is C19H24ClFN2O2. The highest BCUT2D eigenvalue weighted by Crippen LogP contribution is 2.22. The van der Waals surface area contributed by atoms with Crippen molar-refractivity contribution in [2.75, 3.05) is 18.9 Å². The Labute approximate surface area is 154 Å². The summed E-state index contributed by atoms with van der Waals surface area (Å²) >= 11 is 0. The molecule has 0 aromatic heterocycles. The molecule has 2 aromatic carbocycles. The molecule has 25 heavy (non-hydrogen) atoms. The van der Waals surface area contributed by atoms with E-state index >= 15 is 0 Å². The molecule has 0 aliphatic carbocycles. The highest BCUT2D eigenvalue weighted by molar-refractivity contribution is 5.93. The molecule has 1 amide bonds. The van der Waals surface area contributed by atoms with Crippen LogP contribution in [0.15, 0.2) is 42.5 Å². The van der Waals surface area contributed by atoms with E-state index in [-0.39, 0.29) is 30.0 Å². The zero-order valence-corrected chi connectivity index (χ0v) is 15.5. The first-order valence-electron chi connectivity index (χ1n) is 7.93. The van der Waals surface area contributed by atoms with Gasteiger partial charge in [-0.1, -0.05) is 19.1 Å². The predicted molar refractivity (Wildman–Crippen MR) is 101 cm³/mol. The summed E-state index contributed by atoms with van der Waals surface area (Å²) in [5.74, 6) is 0.262. The summed E-state index contributed by atoms with van der Waals surface area (Å²) in [4.78, 5) is 12.1. The van der Waals surface area contributed by atoms with Gasteiger partial charge in [-0.05, 0) is 55.4 Å². The maximum Gasteiger partial charge on any atom is 0.228 e. The number of anilines is 1. The second kappa shape index (κ2) is 10.0. The van der Waals surface area contributed by atoms with Gasteiger partial charge in [-0.15, -0.1) is 12.4 Å². The second-order valence-electron chi connectivity index (χ2n) is 5.84. The monoisotopic (exact) mass is 366 g/mol. The van der Waals surface area contributed by atoms with Crippen LogP contribution in [0.1, 0.15) is 18.1 Å². The van der Waals surface area contributed by atoms with Crippen LogP contribution in [0.5, 0.6) is 5.75 Å². The van der Waals surface area contributed by atoms with Gasteiger partial charge in [-0.2, -0.15) is 0 Å². The number of nitrogens with one attached hydrogen (secondary N) is 2. The van der Waals surface area contributed by atoms with Gasteiger partial charge < -0.3 is 15.4 Å². The SMILES string of the molecule is CNCC(C)C(=O)Nc1ccc(OCc2cccc(F)c2)cc1C.Cl. The summed E-state index contributed by atoms with van der Waals surface area (Å²) in [6, 6.07) is 11.8. The van der Waals surface area contributed by atoms with Gasteiger partial charge in [0, 0.05) is 18.2 Å². The molecule has 0 fully saturated rings. The van der Waals surface area contributed by atoms with Crippen LogP contribution in [0.2, 0.25) is 0 Å². The molecule has 0 heterocycles. The van der Waals surface area contributed by atoms with Gasteiger partial charge in [0.25, 0.3) is 0 Å². The van der Waals surface area contributed by atoms with Crippen molar-refractivity contribution in [3.63, 3.8) is 0 Å². The fourth-order valence-electron chi connectivity index (χ4n) is 2.31. The Morgan fingerprint density at radius 2 is 2.00 bits per heavy atom. The fraction of sp³-hybridized carbons (Fsp3) is 0.316. The summed E-state index contributed by atoms with van der Waals surface area (Å²) in [5, 5.41) is 5.91. The molecule has 2 aromatic rings. The van der Waals surface area contributed by atoms with E-state index in [0.29, 0.717) is 18.9 Å². The first kappa shape index (κ1) is 20.9. The molecular weight excluding hydrogens is 343 g/mol. The average Bonchev–Trinajstić information content (AvgIpc) is 2.55. The van der Waals surface area contributed by atoms with E-state index in [1.54, 1.807) is 12.1 Å². The van der Waals surface area contributed by atoms with E-state index in [1.165, 1.54) is 12.1 Å². The lowest BCUT2D eigenvalue weighted by atomic mass is 10.1. The minimum absolute atomic E-state index is 0. The first-order valence-corrected chi connectivity index (χ1v) is 7.93. The van der Waals surface area contributed by atoms with Crippen molar-refractivity contribution in [3.8, 4) is 5.75 Å². The van der Waals surface area contributed by atoms with Gasteiger partial charge in [-0.25, -0.2) is 4.39 Å². The number of aryl methyl sites for hydroxylation is 1. The number of ether oxygens (including phenoxy) is 1. The van der Waals surface area contributed by atoms with Crippen molar-refractivity contribution in [1.29, 1.82) is 0 Å². The van der Waals surface area contributed by atoms with Gasteiger partial charge in [-0.3, -0.25) is 4.79 Å². The number of rotatable bonds is 7. The van der Waals surface area contributed by atoms with E-state index in [9.17, 15) is 9.18 Å². The van der Waals surface area contributed by atoms with Crippen molar-refractivity contribution < 1.29 is 13.9 Å². The van der Waals surface area contributed by atoms with E-state index in [0.717, 1.165) is 16.8 Å². The largest absolute Gasteiger partial charge is 0.489 e. The quantitative estimate of drug-likeness (QED) is 0.780. The molecule has 0 bridgehead atoms. The van der Waals surface area contributed by atoms with Gasteiger partial charge in [0.1, 0.15) is 18.2 Å². The lowest BCUT2D eigenvalue weighted by Crippen LogP contribution is -2.28. The lowest BCUT2D eigenvalue weighted by Gasteiger charge is -2.14. The van der Waals surface area contributed by atoms with Crippen LogP contribution < -0.4 is 15.4 Å². The summed E-state index contributed by atoms with van der Waals surface area (Å²) in [7, 11) is 1.82. The van der Waals surface area contributed by atoms with E-state index in [4.69, 9.17) is 4.74 Å². The Kier molecular flexibility index (Phi) is 8.38. The highest BCUT2D eigenvalue weighted by Gasteiger charge is 2.13. The molecule has 0 radical (unpaired) electrons. The second-order valence-corrected chi connectivity index (χ2v) is 5.84. The number of hydrogen-bond acceptors (Lipinski definition) is 3. The van der Waals surface area contributed by atoms with E-state index in [2.05, 4.69) is 10.6 Å². The third-order valence-corrected chi connectivity index (χ3v) is 3.71. The molecule has 1 unspecified atom stereocenters. The smallest absolute Gasteiger partial charge is 0.228 e. The Balaban J connectivity index is 0.00000312. The molecule has 0 saturated heterocycles. The molecule has 0 aliphatic heterocycles. The number of carbonyl (C=O) groups excluding carboxylic acids is 1. The van der Waals surface area contributed by atoms with E-state index in [1.807, 2.05) is 39.1 Å². The third kappa shape index (κ3) is 6.36. The molecule has 6 heteroatoms. The van der Waals surface area contributed by atoms with Gasteiger partial charge in [0.15, 0.2) is 0 Å². The molecule has 136 valence electrons. The van der Waals surface area contributed by atoms with Gasteiger partial charge >= 0.3 is 0 Å². The summed E-state index contributed by atoms with van der Waals surface area (Å²) in [6.45, 7) is 4.70. The number of carbonyl (C=O) groups is 1. The van der Waals surface area contributed by atoms with Crippen LogP contribution in [0.25, 0.3) is 0 Å². The number of amides is 1. The van der Waals surface area contributed by atoms with Crippen LogP contribution >= 0.6 is 12.4 Å². The summed E-state index contributed by atoms with van der Waals surface area (Å²) in [5.41, 5.74) is 2.45. The van der Waals surface area contributed by atoms with Crippen molar-refractivity contribution in [2.45, 2.75) is 20.5 Å². The van der Waals surface area contributed by atoms with Crippen LogP contribution in [0, 0.1) is 18.7 Å². The topological polar surface area (TPSA) is 50.4 Å². The van der Waals surface area contributed by atoms with Crippen molar-refractivity contribution >= 4 is 24.0 Å². The van der Waals surface area contributed by atoms with Gasteiger partial charge in [0.05, 0.1) is 0 Å². The predicted octanol–water partition coefficient (Wildman–Crippen LogP) is 3.93. The molecule has 0 aliphatic rings. The molecule has 2 rings (SSSR count). The molecule has 0 saturated carbocycles. The van der Waals surface area contributed by atoms with Crippen LogP contribution in [-0.2, 0) is 11.4 Å². The van der Waals surface area contributed by atoms with Crippen LogP contribution in [0.3, 0.4) is 0 Å². The fourth-order valence-corrected chi connectivity index (χ4v) is 2.31. The minimum Gasteiger partial charge on any atom is -0.489 e. The maximum atomic E-state index is 13.2. The number of hydrogen-bond donors (Lipinski definition) is 2. The Bertz CT molecular complexity index is 710. The first-order chi connectivity index (χ1) is 11.5. The van der Waals surface area contributed by atoms with Crippen molar-refractivity contribution in [2.24, 2.45) is 5.92 Å². The Morgan fingerprint density at radius 1 is 1.24 bits per heavy atom. The van der Waals surface area contributed by atoms with Crippen LogP contribution in [-0.4, -0.2) is 19.5 Å². The molecule has 1 atom stereocenters. The lowest BCUT2D eigenvalue weighted by molar-refractivity contribution is -0.119. The summed E-state index contributed by atoms with van der Waals surface area (Å²) < 4.78 is 18.8. The van der Waals surface area contributed by atoms with Crippen molar-refractivity contribution in [3.05, 3.63) is 59.4 Å². The minimum atomic E-state index is -0.277. The normalized spacial score (nSPS) is 11.4.